The van der Waals surface area contributed by atoms with E-state index in [1.165, 1.54) is 10.7 Å². The minimum Gasteiger partial charge on any atom is -0.326 e. The molecule has 32 heavy (non-hydrogen) atoms. The second-order valence-electron chi connectivity index (χ2n) is 8.21. The molecule has 7 nitrogen and oxygen atoms in total. The predicted molar refractivity (Wildman–Crippen MR) is 127 cm³/mol. The molecule has 7 heteroatoms. The van der Waals surface area contributed by atoms with E-state index in [1.54, 1.807) is 13.0 Å². The summed E-state index contributed by atoms with van der Waals surface area (Å²) in [5, 5.41) is 10.2. The number of nitrogens with zero attached hydrogens (tertiary/aromatic N) is 2. The summed E-state index contributed by atoms with van der Waals surface area (Å²) in [6.45, 7) is 9.16. The highest BCUT2D eigenvalue weighted by atomic mass is 16.2. The predicted octanol–water partition coefficient (Wildman–Crippen LogP) is 4.32. The van der Waals surface area contributed by atoms with Gasteiger partial charge in [-0.1, -0.05) is 43.7 Å². The maximum absolute atomic E-state index is 12.7. The van der Waals surface area contributed by atoms with Crippen LogP contribution in [0.15, 0.2) is 59.4 Å². The number of amides is 2. The second-order valence-corrected chi connectivity index (χ2v) is 8.21. The lowest BCUT2D eigenvalue weighted by Crippen LogP contribution is -2.33. The fraction of sp³-hybridized carbons (Fsp3) is 0.280. The molecule has 0 unspecified atom stereocenters. The summed E-state index contributed by atoms with van der Waals surface area (Å²) < 4.78 is 1.17. The average Bonchev–Trinajstić information content (AvgIpc) is 2.76. The van der Waals surface area contributed by atoms with Gasteiger partial charge in [-0.2, -0.15) is 5.10 Å². The summed E-state index contributed by atoms with van der Waals surface area (Å²) in [4.78, 5) is 37.3. The minimum atomic E-state index is -0.811. The van der Waals surface area contributed by atoms with Crippen LogP contribution in [0, 0.1) is 19.8 Å². The number of nitrogens with one attached hydrogen (secondary N) is 2. The van der Waals surface area contributed by atoms with Crippen LogP contribution < -0.4 is 16.2 Å². The SMILES string of the molecule is Cc1ccc(NC(=O)[C@@H](C)n2nc(-c3ccc(C)c(NC(=O)C(C)C)c3)ccc2=O)cc1. The molecule has 2 N–H and O–H groups in total. The molecular weight excluding hydrogens is 404 g/mol. The molecular formula is C25H28N4O3. The first-order chi connectivity index (χ1) is 15.2. The van der Waals surface area contributed by atoms with E-state index < -0.39 is 6.04 Å². The lowest BCUT2D eigenvalue weighted by molar-refractivity contribution is -0.119. The number of carbonyl (C=O) groups excluding carboxylic acids is 2. The Kier molecular flexibility index (Phi) is 6.88. The number of carbonyl (C=O) groups is 2. The zero-order valence-corrected chi connectivity index (χ0v) is 19.0. The van der Waals surface area contributed by atoms with Crippen LogP contribution in [-0.2, 0) is 9.59 Å². The number of hydrogen-bond donors (Lipinski definition) is 2. The maximum atomic E-state index is 12.7. The standard InChI is InChI=1S/C25H28N4O3/c1-15(2)24(31)27-22-14-19(9-8-17(22)4)21-12-13-23(30)29(28-21)18(5)25(32)26-20-10-6-16(3)7-11-20/h6-15,18H,1-5H3,(H,26,32)(H,27,31)/t18-/m1/s1. The Hall–Kier alpha value is -3.74. The molecule has 0 radical (unpaired) electrons. The first kappa shape index (κ1) is 22.9. The molecule has 0 bridgehead atoms. The Morgan fingerprint density at radius 3 is 2.22 bits per heavy atom. The third-order valence-corrected chi connectivity index (χ3v) is 5.21. The summed E-state index contributed by atoms with van der Waals surface area (Å²) in [6.07, 6.45) is 0. The second kappa shape index (κ2) is 9.60. The Bertz CT molecular complexity index is 1200. The van der Waals surface area contributed by atoms with E-state index in [0.29, 0.717) is 17.1 Å². The zero-order valence-electron chi connectivity index (χ0n) is 19.0. The molecule has 166 valence electrons. The van der Waals surface area contributed by atoms with Crippen molar-refractivity contribution in [2.75, 3.05) is 10.6 Å². The largest absolute Gasteiger partial charge is 0.326 e. The van der Waals surface area contributed by atoms with Crippen molar-refractivity contribution < 1.29 is 9.59 Å². The number of aryl methyl sites for hydroxylation is 2. The van der Waals surface area contributed by atoms with Crippen molar-refractivity contribution in [1.82, 2.24) is 9.78 Å². The monoisotopic (exact) mass is 432 g/mol. The molecule has 3 rings (SSSR count). The van der Waals surface area contributed by atoms with Gasteiger partial charge in [-0.3, -0.25) is 14.4 Å². The Morgan fingerprint density at radius 2 is 1.56 bits per heavy atom. The van der Waals surface area contributed by atoms with E-state index in [0.717, 1.165) is 16.7 Å². The molecule has 3 aromatic rings. The normalized spacial score (nSPS) is 11.8. The topological polar surface area (TPSA) is 93.1 Å². The van der Waals surface area contributed by atoms with E-state index in [1.807, 2.05) is 70.2 Å². The van der Waals surface area contributed by atoms with Crippen molar-refractivity contribution in [2.45, 2.75) is 40.7 Å². The number of benzene rings is 2. The van der Waals surface area contributed by atoms with Crippen LogP contribution in [0.3, 0.4) is 0 Å². The first-order valence-electron chi connectivity index (χ1n) is 10.5. The van der Waals surface area contributed by atoms with Crippen LogP contribution in [0.25, 0.3) is 11.3 Å². The maximum Gasteiger partial charge on any atom is 0.267 e. The molecule has 2 amide bonds. The van der Waals surface area contributed by atoms with Gasteiger partial charge in [0.15, 0.2) is 0 Å². The number of aromatic nitrogens is 2. The van der Waals surface area contributed by atoms with Gasteiger partial charge in [-0.05, 0) is 50.6 Å². The van der Waals surface area contributed by atoms with Crippen molar-refractivity contribution in [2.24, 2.45) is 5.92 Å². The molecule has 0 aliphatic carbocycles. The van der Waals surface area contributed by atoms with Crippen LogP contribution in [0.4, 0.5) is 11.4 Å². The molecule has 0 saturated heterocycles. The molecule has 1 aromatic heterocycles. The van der Waals surface area contributed by atoms with E-state index in [2.05, 4.69) is 15.7 Å². The van der Waals surface area contributed by atoms with Gasteiger partial charge in [0.1, 0.15) is 6.04 Å². The average molecular weight is 433 g/mol. The van der Waals surface area contributed by atoms with Gasteiger partial charge in [0.05, 0.1) is 5.69 Å². The lowest BCUT2D eigenvalue weighted by atomic mass is 10.1. The Morgan fingerprint density at radius 1 is 0.875 bits per heavy atom. The molecule has 0 aliphatic heterocycles. The molecule has 1 heterocycles. The quantitative estimate of drug-likeness (QED) is 0.607. The fourth-order valence-corrected chi connectivity index (χ4v) is 3.04. The molecule has 1 atom stereocenters. The third kappa shape index (κ3) is 5.29. The number of anilines is 2. The van der Waals surface area contributed by atoms with Crippen molar-refractivity contribution in [1.29, 1.82) is 0 Å². The van der Waals surface area contributed by atoms with Crippen molar-refractivity contribution in [3.63, 3.8) is 0 Å². The smallest absolute Gasteiger partial charge is 0.267 e. The van der Waals surface area contributed by atoms with Crippen molar-refractivity contribution >= 4 is 23.2 Å². The summed E-state index contributed by atoms with van der Waals surface area (Å²) >= 11 is 0. The van der Waals surface area contributed by atoms with Crippen molar-refractivity contribution in [3.05, 3.63) is 76.1 Å². The summed E-state index contributed by atoms with van der Waals surface area (Å²) in [5.74, 6) is -0.565. The van der Waals surface area contributed by atoms with Gasteiger partial charge in [-0.25, -0.2) is 4.68 Å². The van der Waals surface area contributed by atoms with Crippen LogP contribution in [0.5, 0.6) is 0 Å². The van der Waals surface area contributed by atoms with Crippen molar-refractivity contribution in [3.8, 4) is 11.3 Å². The lowest BCUT2D eigenvalue weighted by Gasteiger charge is -2.16. The van der Waals surface area contributed by atoms with E-state index in [4.69, 9.17) is 0 Å². The summed E-state index contributed by atoms with van der Waals surface area (Å²) in [5.41, 5.74) is 4.23. The molecule has 0 saturated carbocycles. The Labute approximate surface area is 187 Å². The van der Waals surface area contributed by atoms with E-state index in [9.17, 15) is 14.4 Å². The van der Waals surface area contributed by atoms with Crippen LogP contribution in [0.2, 0.25) is 0 Å². The zero-order chi connectivity index (χ0) is 23.4. The molecule has 0 spiro atoms. The van der Waals surface area contributed by atoms with Gasteiger partial charge in [0, 0.05) is 28.9 Å². The third-order valence-electron chi connectivity index (χ3n) is 5.21. The molecule has 2 aromatic carbocycles. The van der Waals surface area contributed by atoms with Crippen LogP contribution in [-0.4, -0.2) is 21.6 Å². The molecule has 0 aliphatic rings. The van der Waals surface area contributed by atoms with Crippen LogP contribution >= 0.6 is 0 Å². The highest BCUT2D eigenvalue weighted by molar-refractivity contribution is 5.94. The Balaban J connectivity index is 1.88. The highest BCUT2D eigenvalue weighted by Gasteiger charge is 2.19. The van der Waals surface area contributed by atoms with E-state index >= 15 is 0 Å². The minimum absolute atomic E-state index is 0.0791. The van der Waals surface area contributed by atoms with Gasteiger partial charge in [0.25, 0.3) is 5.56 Å². The highest BCUT2D eigenvalue weighted by Crippen LogP contribution is 2.24. The van der Waals surface area contributed by atoms with Gasteiger partial charge < -0.3 is 10.6 Å². The van der Waals surface area contributed by atoms with Gasteiger partial charge in [-0.15, -0.1) is 0 Å². The molecule has 0 fully saturated rings. The number of rotatable bonds is 6. The first-order valence-corrected chi connectivity index (χ1v) is 10.5. The fourth-order valence-electron chi connectivity index (χ4n) is 3.04. The summed E-state index contributed by atoms with van der Waals surface area (Å²) in [6, 6.07) is 15.2. The van der Waals surface area contributed by atoms with E-state index in [-0.39, 0.29) is 23.3 Å². The van der Waals surface area contributed by atoms with Gasteiger partial charge in [0.2, 0.25) is 11.8 Å². The van der Waals surface area contributed by atoms with Crippen LogP contribution in [0.1, 0.15) is 37.9 Å². The number of hydrogen-bond acceptors (Lipinski definition) is 4. The van der Waals surface area contributed by atoms with Gasteiger partial charge >= 0.3 is 0 Å². The summed E-state index contributed by atoms with van der Waals surface area (Å²) in [7, 11) is 0.